The summed E-state index contributed by atoms with van der Waals surface area (Å²) in [6, 6.07) is 6.39. The molecule has 0 unspecified atom stereocenters. The molecule has 0 bridgehead atoms. The number of nitrogens with two attached hydrogens (primary N) is 1. The summed E-state index contributed by atoms with van der Waals surface area (Å²) in [5.74, 6) is 0.296. The van der Waals surface area contributed by atoms with Crippen molar-refractivity contribution >= 4 is 21.5 Å². The fraction of sp³-hybridized carbons (Fsp3) is 0.308. The summed E-state index contributed by atoms with van der Waals surface area (Å²) in [6.45, 7) is 3.75. The van der Waals surface area contributed by atoms with Gasteiger partial charge < -0.3 is 5.73 Å². The van der Waals surface area contributed by atoms with E-state index in [-0.39, 0.29) is 4.90 Å². The summed E-state index contributed by atoms with van der Waals surface area (Å²) in [6.07, 6.45) is 1.79. The van der Waals surface area contributed by atoms with Crippen molar-refractivity contribution in [1.29, 1.82) is 0 Å². The molecule has 2 rings (SSSR count). The molecule has 0 aliphatic carbocycles. The lowest BCUT2D eigenvalue weighted by molar-refractivity contribution is 0.600. The molecule has 7 heteroatoms. The number of aromatic amines is 1. The van der Waals surface area contributed by atoms with E-state index in [0.29, 0.717) is 17.1 Å². The number of hydrogen-bond acceptors (Lipinski definition) is 4. The van der Waals surface area contributed by atoms with Crippen molar-refractivity contribution < 1.29 is 8.42 Å². The summed E-state index contributed by atoms with van der Waals surface area (Å²) in [5.41, 5.74) is 7.66. The molecule has 1 heterocycles. The highest BCUT2D eigenvalue weighted by molar-refractivity contribution is 7.92. The quantitative estimate of drug-likeness (QED) is 0.735. The minimum absolute atomic E-state index is 0.201. The zero-order valence-corrected chi connectivity index (χ0v) is 12.3. The number of nitrogens with one attached hydrogen (secondary N) is 2. The van der Waals surface area contributed by atoms with Crippen LogP contribution in [-0.4, -0.2) is 18.6 Å². The molecule has 1 aromatic carbocycles. The van der Waals surface area contributed by atoms with Crippen molar-refractivity contribution in [1.82, 2.24) is 10.2 Å². The monoisotopic (exact) mass is 294 g/mol. The van der Waals surface area contributed by atoms with E-state index in [1.54, 1.807) is 25.1 Å². The van der Waals surface area contributed by atoms with Crippen molar-refractivity contribution in [3.05, 3.63) is 35.5 Å². The van der Waals surface area contributed by atoms with Crippen molar-refractivity contribution in [3.63, 3.8) is 0 Å². The van der Waals surface area contributed by atoms with E-state index in [1.807, 2.05) is 6.92 Å². The molecule has 2 aromatic rings. The van der Waals surface area contributed by atoms with Gasteiger partial charge in [-0.15, -0.1) is 0 Å². The number of rotatable bonds is 5. The number of anilines is 2. The Morgan fingerprint density at radius 2 is 2.10 bits per heavy atom. The SMILES string of the molecule is CCCc1cc(NS(=O)(=O)c2ccc(N)cc2C)n[nH]1. The van der Waals surface area contributed by atoms with Gasteiger partial charge in [0, 0.05) is 17.4 Å². The number of aromatic nitrogens is 2. The van der Waals surface area contributed by atoms with Crippen LogP contribution in [0.25, 0.3) is 0 Å². The van der Waals surface area contributed by atoms with Crippen LogP contribution in [0.3, 0.4) is 0 Å². The molecule has 1 aromatic heterocycles. The number of hydrogen-bond donors (Lipinski definition) is 3. The highest BCUT2D eigenvalue weighted by Crippen LogP contribution is 2.20. The van der Waals surface area contributed by atoms with Crippen LogP contribution < -0.4 is 10.5 Å². The largest absolute Gasteiger partial charge is 0.399 e. The lowest BCUT2D eigenvalue weighted by atomic mass is 10.2. The molecule has 0 fully saturated rings. The molecule has 0 atom stereocenters. The highest BCUT2D eigenvalue weighted by Gasteiger charge is 2.18. The summed E-state index contributed by atoms with van der Waals surface area (Å²) in [7, 11) is -3.65. The predicted octanol–water partition coefficient (Wildman–Crippen LogP) is 2.05. The first-order chi connectivity index (χ1) is 9.42. The molecule has 0 radical (unpaired) electrons. The van der Waals surface area contributed by atoms with E-state index >= 15 is 0 Å². The first-order valence-electron chi connectivity index (χ1n) is 6.35. The normalized spacial score (nSPS) is 11.5. The Morgan fingerprint density at radius 1 is 1.35 bits per heavy atom. The minimum Gasteiger partial charge on any atom is -0.399 e. The Bertz CT molecular complexity index is 707. The van der Waals surface area contributed by atoms with Gasteiger partial charge in [0.05, 0.1) is 4.90 Å². The average Bonchev–Trinajstić information content (AvgIpc) is 2.75. The molecule has 0 amide bonds. The zero-order valence-electron chi connectivity index (χ0n) is 11.5. The second-order valence-corrected chi connectivity index (χ2v) is 6.31. The van der Waals surface area contributed by atoms with Crippen molar-refractivity contribution in [2.24, 2.45) is 0 Å². The van der Waals surface area contributed by atoms with Crippen molar-refractivity contribution in [3.8, 4) is 0 Å². The lowest BCUT2D eigenvalue weighted by Gasteiger charge is -2.08. The maximum Gasteiger partial charge on any atom is 0.263 e. The van der Waals surface area contributed by atoms with Crippen LogP contribution in [0.4, 0.5) is 11.5 Å². The molecule has 0 spiro atoms. The minimum atomic E-state index is -3.65. The van der Waals surface area contributed by atoms with E-state index < -0.39 is 10.0 Å². The number of aryl methyl sites for hydroxylation is 2. The third-order valence-corrected chi connectivity index (χ3v) is 4.39. The zero-order chi connectivity index (χ0) is 14.8. The smallest absolute Gasteiger partial charge is 0.263 e. The van der Waals surface area contributed by atoms with E-state index in [1.165, 1.54) is 6.07 Å². The number of benzene rings is 1. The van der Waals surface area contributed by atoms with Crippen molar-refractivity contribution in [2.45, 2.75) is 31.6 Å². The molecule has 108 valence electrons. The van der Waals surface area contributed by atoms with Crippen LogP contribution in [0.5, 0.6) is 0 Å². The van der Waals surface area contributed by atoms with Gasteiger partial charge in [0.25, 0.3) is 10.0 Å². The Hall–Kier alpha value is -2.02. The van der Waals surface area contributed by atoms with Gasteiger partial charge >= 0.3 is 0 Å². The summed E-state index contributed by atoms with van der Waals surface area (Å²) in [5, 5.41) is 6.76. The van der Waals surface area contributed by atoms with Gasteiger partial charge in [0.2, 0.25) is 0 Å². The number of H-pyrrole nitrogens is 1. The van der Waals surface area contributed by atoms with Crippen LogP contribution >= 0.6 is 0 Å². The number of sulfonamides is 1. The highest BCUT2D eigenvalue weighted by atomic mass is 32.2. The van der Waals surface area contributed by atoms with Crippen LogP contribution in [0.2, 0.25) is 0 Å². The van der Waals surface area contributed by atoms with Crippen LogP contribution in [0, 0.1) is 6.92 Å². The molecule has 20 heavy (non-hydrogen) atoms. The molecule has 0 aliphatic rings. The Morgan fingerprint density at radius 3 is 2.75 bits per heavy atom. The van der Waals surface area contributed by atoms with Gasteiger partial charge in [-0.1, -0.05) is 13.3 Å². The van der Waals surface area contributed by atoms with Gasteiger partial charge in [-0.2, -0.15) is 5.10 Å². The fourth-order valence-electron chi connectivity index (χ4n) is 1.98. The second kappa shape index (κ2) is 5.54. The Labute approximate surface area is 118 Å². The third-order valence-electron chi connectivity index (χ3n) is 2.88. The lowest BCUT2D eigenvalue weighted by Crippen LogP contribution is -2.14. The number of nitrogen functional groups attached to an aromatic ring is 1. The first kappa shape index (κ1) is 14.4. The topological polar surface area (TPSA) is 101 Å². The third kappa shape index (κ3) is 3.11. The average molecular weight is 294 g/mol. The van der Waals surface area contributed by atoms with Crippen molar-refractivity contribution in [2.75, 3.05) is 10.5 Å². The molecule has 4 N–H and O–H groups in total. The van der Waals surface area contributed by atoms with Gasteiger partial charge in [0.15, 0.2) is 5.82 Å². The maximum absolute atomic E-state index is 12.3. The molecule has 6 nitrogen and oxygen atoms in total. The van der Waals surface area contributed by atoms with Gasteiger partial charge in [-0.05, 0) is 37.1 Å². The van der Waals surface area contributed by atoms with Crippen LogP contribution in [-0.2, 0) is 16.4 Å². The van der Waals surface area contributed by atoms with E-state index in [4.69, 9.17) is 5.73 Å². The van der Waals surface area contributed by atoms with E-state index in [0.717, 1.165) is 18.5 Å². The van der Waals surface area contributed by atoms with Gasteiger partial charge in [-0.3, -0.25) is 9.82 Å². The van der Waals surface area contributed by atoms with Crippen LogP contribution in [0.1, 0.15) is 24.6 Å². The van der Waals surface area contributed by atoms with Gasteiger partial charge in [0.1, 0.15) is 0 Å². The standard InChI is InChI=1S/C13H18N4O2S/c1-3-4-11-8-13(16-15-11)17-20(18,19)12-6-5-10(14)7-9(12)2/h5-8H,3-4,14H2,1-2H3,(H2,15,16,17). The van der Waals surface area contributed by atoms with Crippen LogP contribution in [0.15, 0.2) is 29.2 Å². The summed E-state index contributed by atoms with van der Waals surface area (Å²) in [4.78, 5) is 0.201. The molecular formula is C13H18N4O2S. The maximum atomic E-state index is 12.3. The fourth-order valence-corrected chi connectivity index (χ4v) is 3.20. The van der Waals surface area contributed by atoms with E-state index in [2.05, 4.69) is 14.9 Å². The number of nitrogens with zero attached hydrogens (tertiary/aromatic N) is 1. The second-order valence-electron chi connectivity index (χ2n) is 4.66. The molecule has 0 saturated carbocycles. The molecule has 0 aliphatic heterocycles. The van der Waals surface area contributed by atoms with E-state index in [9.17, 15) is 8.42 Å². The predicted molar refractivity (Wildman–Crippen MR) is 79.0 cm³/mol. The van der Waals surface area contributed by atoms with Gasteiger partial charge in [-0.25, -0.2) is 8.42 Å². The Balaban J connectivity index is 2.26. The Kier molecular flexibility index (Phi) is 3.99. The summed E-state index contributed by atoms with van der Waals surface area (Å²) < 4.78 is 27.1. The molecular weight excluding hydrogens is 276 g/mol. The molecule has 0 saturated heterocycles. The first-order valence-corrected chi connectivity index (χ1v) is 7.84. The summed E-state index contributed by atoms with van der Waals surface area (Å²) >= 11 is 0.